The highest BCUT2D eigenvalue weighted by molar-refractivity contribution is 7.99. The lowest BCUT2D eigenvalue weighted by atomic mass is 10.2. The van der Waals surface area contributed by atoms with Crippen LogP contribution in [0.2, 0.25) is 0 Å². The molecule has 5 heteroatoms. The Hall–Kier alpha value is -0.710. The summed E-state index contributed by atoms with van der Waals surface area (Å²) in [6.45, 7) is 0.392. The van der Waals surface area contributed by atoms with Crippen LogP contribution in [0, 0.1) is 0 Å². The zero-order chi connectivity index (χ0) is 13.5. The fraction of sp³-hybridized carbons (Fsp3) is 0.533. The van der Waals surface area contributed by atoms with Crippen LogP contribution >= 0.6 is 24.2 Å². The average Bonchev–Trinajstić information content (AvgIpc) is 2.90. The van der Waals surface area contributed by atoms with E-state index in [-0.39, 0.29) is 18.3 Å². The summed E-state index contributed by atoms with van der Waals surface area (Å²) in [6.07, 6.45) is 5.86. The number of hydrogen-bond donors (Lipinski definition) is 2. The van der Waals surface area contributed by atoms with Gasteiger partial charge >= 0.3 is 0 Å². The van der Waals surface area contributed by atoms with Crippen LogP contribution in [-0.4, -0.2) is 17.7 Å². The van der Waals surface area contributed by atoms with Crippen molar-refractivity contribution in [1.29, 1.82) is 0 Å². The first kappa shape index (κ1) is 17.3. The van der Waals surface area contributed by atoms with Crippen molar-refractivity contribution in [3.8, 4) is 0 Å². The van der Waals surface area contributed by atoms with E-state index in [1.807, 2.05) is 23.9 Å². The van der Waals surface area contributed by atoms with Crippen molar-refractivity contribution in [2.75, 3.05) is 11.9 Å². The zero-order valence-corrected chi connectivity index (χ0v) is 13.3. The first-order valence-corrected chi connectivity index (χ1v) is 8.03. The molecule has 0 radical (unpaired) electrons. The fourth-order valence-electron chi connectivity index (χ4n) is 2.36. The maximum absolute atomic E-state index is 11.5. The molecule has 0 unspecified atom stereocenters. The molecule has 1 saturated carbocycles. The van der Waals surface area contributed by atoms with Gasteiger partial charge in [0.05, 0.1) is 0 Å². The predicted octanol–water partition coefficient (Wildman–Crippen LogP) is 3.57. The number of carbonyl (C=O) groups excluding carboxylic acids is 1. The van der Waals surface area contributed by atoms with Gasteiger partial charge in [-0.3, -0.25) is 4.79 Å². The van der Waals surface area contributed by atoms with Gasteiger partial charge in [-0.1, -0.05) is 25.0 Å². The lowest BCUT2D eigenvalue weighted by Gasteiger charge is -2.10. The molecule has 0 atom stereocenters. The smallest absolute Gasteiger partial charge is 0.225 e. The Morgan fingerprint density at radius 2 is 2.10 bits per heavy atom. The Morgan fingerprint density at radius 3 is 2.80 bits per heavy atom. The van der Waals surface area contributed by atoms with Crippen molar-refractivity contribution >= 4 is 35.8 Å². The highest BCUT2D eigenvalue weighted by Crippen LogP contribution is 2.31. The van der Waals surface area contributed by atoms with Crippen LogP contribution in [0.25, 0.3) is 0 Å². The number of halogens is 1. The lowest BCUT2D eigenvalue weighted by molar-refractivity contribution is -0.116. The summed E-state index contributed by atoms with van der Waals surface area (Å²) in [4.78, 5) is 11.5. The molecule has 3 nitrogen and oxygen atoms in total. The minimum atomic E-state index is -0.0110. The molecule has 0 spiro atoms. The van der Waals surface area contributed by atoms with E-state index < -0.39 is 0 Å². The van der Waals surface area contributed by atoms with Gasteiger partial charge in [-0.05, 0) is 30.5 Å². The maximum Gasteiger partial charge on any atom is 0.225 e. The molecule has 1 aromatic rings. The monoisotopic (exact) mass is 314 g/mol. The summed E-state index contributed by atoms with van der Waals surface area (Å²) in [5, 5.41) is 3.71. The molecule has 3 N–H and O–H groups in total. The van der Waals surface area contributed by atoms with E-state index in [1.54, 1.807) is 0 Å². The van der Waals surface area contributed by atoms with Crippen LogP contribution < -0.4 is 11.1 Å². The SMILES string of the molecule is Cl.NCCC(=O)Nc1cccc(CSC2CCCC2)c1. The van der Waals surface area contributed by atoms with Crippen LogP contribution in [0.1, 0.15) is 37.7 Å². The third-order valence-electron chi connectivity index (χ3n) is 3.37. The fourth-order valence-corrected chi connectivity index (χ4v) is 3.64. The molecule has 112 valence electrons. The summed E-state index contributed by atoms with van der Waals surface area (Å²) < 4.78 is 0. The van der Waals surface area contributed by atoms with Crippen molar-refractivity contribution in [2.45, 2.75) is 43.1 Å². The largest absolute Gasteiger partial charge is 0.330 e. The van der Waals surface area contributed by atoms with E-state index in [4.69, 9.17) is 5.73 Å². The highest BCUT2D eigenvalue weighted by Gasteiger charge is 2.15. The third kappa shape index (κ3) is 5.73. The molecule has 1 fully saturated rings. The Balaban J connectivity index is 0.00000200. The maximum atomic E-state index is 11.5. The summed E-state index contributed by atoms with van der Waals surface area (Å²) in [6, 6.07) is 8.12. The number of nitrogens with two attached hydrogens (primary N) is 1. The molecular formula is C15H23ClN2OS. The van der Waals surface area contributed by atoms with E-state index in [9.17, 15) is 4.79 Å². The Kier molecular flexibility index (Phi) is 8.04. The second kappa shape index (κ2) is 9.27. The molecule has 2 rings (SSSR count). The minimum absolute atomic E-state index is 0. The summed E-state index contributed by atoms with van der Waals surface area (Å²) in [5.41, 5.74) is 7.52. The van der Waals surface area contributed by atoms with Crippen LogP contribution in [0.3, 0.4) is 0 Å². The molecule has 0 heterocycles. The van der Waals surface area contributed by atoms with Gasteiger partial charge in [0.25, 0.3) is 0 Å². The number of benzene rings is 1. The minimum Gasteiger partial charge on any atom is -0.330 e. The van der Waals surface area contributed by atoms with Crippen LogP contribution in [-0.2, 0) is 10.5 Å². The van der Waals surface area contributed by atoms with Crippen molar-refractivity contribution in [2.24, 2.45) is 5.73 Å². The van der Waals surface area contributed by atoms with Gasteiger partial charge in [0, 0.05) is 29.7 Å². The summed E-state index contributed by atoms with van der Waals surface area (Å²) in [7, 11) is 0. The molecule has 0 aromatic heterocycles. The van der Waals surface area contributed by atoms with Gasteiger partial charge in [-0.15, -0.1) is 12.4 Å². The van der Waals surface area contributed by atoms with Crippen molar-refractivity contribution in [3.05, 3.63) is 29.8 Å². The number of thioether (sulfide) groups is 1. The quantitative estimate of drug-likeness (QED) is 0.844. The summed E-state index contributed by atoms with van der Waals surface area (Å²) in [5.74, 6) is 1.02. The average molecular weight is 315 g/mol. The molecule has 0 aliphatic heterocycles. The molecule has 1 aromatic carbocycles. The van der Waals surface area contributed by atoms with E-state index in [1.165, 1.54) is 31.2 Å². The van der Waals surface area contributed by atoms with Crippen LogP contribution in [0.15, 0.2) is 24.3 Å². The molecule has 0 saturated heterocycles. The van der Waals surface area contributed by atoms with Gasteiger partial charge in [-0.25, -0.2) is 0 Å². The number of hydrogen-bond acceptors (Lipinski definition) is 3. The van der Waals surface area contributed by atoms with Crippen LogP contribution in [0.5, 0.6) is 0 Å². The first-order valence-electron chi connectivity index (χ1n) is 6.98. The van der Waals surface area contributed by atoms with Gasteiger partial charge < -0.3 is 11.1 Å². The normalized spacial score (nSPS) is 14.8. The zero-order valence-electron chi connectivity index (χ0n) is 11.6. The van der Waals surface area contributed by atoms with Gasteiger partial charge in [0.15, 0.2) is 0 Å². The van der Waals surface area contributed by atoms with Gasteiger partial charge in [-0.2, -0.15) is 11.8 Å². The number of nitrogens with one attached hydrogen (secondary N) is 1. The second-order valence-electron chi connectivity index (χ2n) is 5.00. The molecule has 1 amide bonds. The molecular weight excluding hydrogens is 292 g/mol. The molecule has 0 bridgehead atoms. The third-order valence-corrected chi connectivity index (χ3v) is 4.81. The van der Waals surface area contributed by atoms with Gasteiger partial charge in [0.2, 0.25) is 5.91 Å². The molecule has 1 aliphatic rings. The number of carbonyl (C=O) groups is 1. The van der Waals surface area contributed by atoms with E-state index in [0.717, 1.165) is 16.7 Å². The lowest BCUT2D eigenvalue weighted by Crippen LogP contribution is -2.16. The number of anilines is 1. The highest BCUT2D eigenvalue weighted by atomic mass is 35.5. The van der Waals surface area contributed by atoms with E-state index >= 15 is 0 Å². The Bertz CT molecular complexity index is 422. The van der Waals surface area contributed by atoms with E-state index in [0.29, 0.717) is 13.0 Å². The number of amides is 1. The second-order valence-corrected chi connectivity index (χ2v) is 6.29. The van der Waals surface area contributed by atoms with Crippen molar-refractivity contribution < 1.29 is 4.79 Å². The van der Waals surface area contributed by atoms with Crippen molar-refractivity contribution in [3.63, 3.8) is 0 Å². The van der Waals surface area contributed by atoms with Crippen molar-refractivity contribution in [1.82, 2.24) is 0 Å². The number of rotatable bonds is 6. The molecule has 20 heavy (non-hydrogen) atoms. The predicted molar refractivity (Wildman–Crippen MR) is 89.5 cm³/mol. The van der Waals surface area contributed by atoms with Gasteiger partial charge in [0.1, 0.15) is 0 Å². The summed E-state index contributed by atoms with van der Waals surface area (Å²) >= 11 is 2.04. The topological polar surface area (TPSA) is 55.1 Å². The van der Waals surface area contributed by atoms with Crippen LogP contribution in [0.4, 0.5) is 5.69 Å². The van der Waals surface area contributed by atoms with E-state index in [2.05, 4.69) is 17.4 Å². The Morgan fingerprint density at radius 1 is 1.35 bits per heavy atom. The molecule has 1 aliphatic carbocycles. The first-order chi connectivity index (χ1) is 9.28. The Labute approximate surface area is 131 Å². The standard InChI is InChI=1S/C15H22N2OS.ClH/c16-9-8-15(18)17-13-5-3-4-12(10-13)11-19-14-6-1-2-7-14;/h3-5,10,14H,1-2,6-9,11,16H2,(H,17,18);1H.